The van der Waals surface area contributed by atoms with E-state index in [1.165, 1.54) is 49.4 Å². The van der Waals surface area contributed by atoms with Gasteiger partial charge in [0.15, 0.2) is 0 Å². The molecule has 0 radical (unpaired) electrons. The van der Waals surface area contributed by atoms with Crippen molar-refractivity contribution in [3.63, 3.8) is 0 Å². The highest BCUT2D eigenvalue weighted by molar-refractivity contribution is 8.42. The maximum Gasteiger partial charge on any atom is 0.0717 e. The van der Waals surface area contributed by atoms with E-state index in [4.69, 9.17) is 0 Å². The summed E-state index contributed by atoms with van der Waals surface area (Å²) < 4.78 is 6.01. The van der Waals surface area contributed by atoms with Crippen LogP contribution in [-0.2, 0) is 0 Å². The van der Waals surface area contributed by atoms with Gasteiger partial charge in [-0.2, -0.15) is 0 Å². The van der Waals surface area contributed by atoms with Crippen molar-refractivity contribution in [1.29, 1.82) is 0 Å². The van der Waals surface area contributed by atoms with Gasteiger partial charge in [0.05, 0.1) is 16.9 Å². The Hall–Kier alpha value is 0.280. The molecule has 0 aromatic carbocycles. The van der Waals surface area contributed by atoms with Gasteiger partial charge in [0.2, 0.25) is 0 Å². The third kappa shape index (κ3) is 2.56. The number of rotatable bonds is 0. The summed E-state index contributed by atoms with van der Waals surface area (Å²) in [5.41, 5.74) is 2.68. The highest BCUT2D eigenvalue weighted by Crippen LogP contribution is 2.65. The first-order chi connectivity index (χ1) is 10.9. The lowest BCUT2D eigenvalue weighted by molar-refractivity contribution is 1.31. The number of hydrogen-bond acceptors (Lipinski definition) is 6. The van der Waals surface area contributed by atoms with Gasteiger partial charge in [-0.25, -0.2) is 0 Å². The summed E-state index contributed by atoms with van der Waals surface area (Å²) in [7, 11) is 0. The molecule has 0 aromatic heterocycles. The Balaban J connectivity index is 1.49. The Morgan fingerprint density at radius 1 is 0.591 bits per heavy atom. The van der Waals surface area contributed by atoms with Crippen LogP contribution in [0.5, 0.6) is 0 Å². The molecule has 0 aromatic rings. The molecule has 110 valence electrons. The Labute approximate surface area is 155 Å². The molecule has 0 atom stereocenters. The smallest absolute Gasteiger partial charge is 0.0717 e. The molecule has 22 heavy (non-hydrogen) atoms. The molecule has 0 amide bonds. The summed E-state index contributed by atoms with van der Waals surface area (Å²) >= 11 is 11.9. The normalized spacial score (nSPS) is 20.7. The summed E-state index contributed by atoms with van der Waals surface area (Å²) in [6.07, 6.45) is 0. The van der Waals surface area contributed by atoms with Crippen molar-refractivity contribution in [2.75, 3.05) is 11.5 Å². The standard InChI is InChI=1S/C16H10S6/c1-2-9-4-5-11-12(8-10(9)3-1)20-15(19-11)16-21-13-14(22-16)18-7-6-17-13/h1-5,8H,6-7H2. The van der Waals surface area contributed by atoms with Crippen LogP contribution in [-0.4, -0.2) is 11.5 Å². The first-order valence-electron chi connectivity index (χ1n) is 6.85. The van der Waals surface area contributed by atoms with Gasteiger partial charge >= 0.3 is 0 Å². The first kappa shape index (κ1) is 14.6. The van der Waals surface area contributed by atoms with Gasteiger partial charge in [0.1, 0.15) is 0 Å². The Morgan fingerprint density at radius 3 is 2.09 bits per heavy atom. The Morgan fingerprint density at radius 2 is 1.27 bits per heavy atom. The van der Waals surface area contributed by atoms with E-state index in [0.717, 1.165) is 0 Å². The van der Waals surface area contributed by atoms with Gasteiger partial charge in [-0.1, -0.05) is 71.3 Å². The SMILES string of the molecule is c1cc2ccc3c(cc-2c1)SC(=C1SC2=C(SCCS2)S1)S3. The molecule has 0 N–H and O–H groups in total. The summed E-state index contributed by atoms with van der Waals surface area (Å²) in [6.45, 7) is 0. The minimum Gasteiger partial charge on any atom is -0.116 e. The fourth-order valence-electron chi connectivity index (χ4n) is 2.46. The van der Waals surface area contributed by atoms with Crippen LogP contribution in [0.3, 0.4) is 0 Å². The summed E-state index contributed by atoms with van der Waals surface area (Å²) in [5.74, 6) is 2.51. The van der Waals surface area contributed by atoms with E-state index >= 15 is 0 Å². The molecule has 3 heterocycles. The van der Waals surface area contributed by atoms with E-state index in [9.17, 15) is 0 Å². The zero-order valence-electron chi connectivity index (χ0n) is 11.3. The van der Waals surface area contributed by atoms with E-state index in [1.54, 1.807) is 0 Å². The van der Waals surface area contributed by atoms with Gasteiger partial charge in [-0.05, 0) is 23.3 Å². The van der Waals surface area contributed by atoms with Gasteiger partial charge in [0.25, 0.3) is 0 Å². The molecule has 2 aliphatic carbocycles. The Bertz CT molecular complexity index is 786. The average Bonchev–Trinajstić information content (AvgIpc) is 3.23. The van der Waals surface area contributed by atoms with Crippen LogP contribution in [0, 0.1) is 0 Å². The van der Waals surface area contributed by atoms with Crippen molar-refractivity contribution in [3.05, 3.63) is 53.3 Å². The second-order valence-electron chi connectivity index (χ2n) is 4.90. The molecule has 0 saturated heterocycles. The largest absolute Gasteiger partial charge is 0.116 e. The topological polar surface area (TPSA) is 0 Å². The maximum atomic E-state index is 2.34. The number of fused-ring (bicyclic) bond motifs is 2. The monoisotopic (exact) mass is 394 g/mol. The first-order valence-corrected chi connectivity index (χ1v) is 12.1. The predicted molar refractivity (Wildman–Crippen MR) is 109 cm³/mol. The highest BCUT2D eigenvalue weighted by Gasteiger charge is 2.30. The molecule has 0 saturated carbocycles. The van der Waals surface area contributed by atoms with E-state index in [0.29, 0.717) is 0 Å². The molecule has 3 aliphatic heterocycles. The molecule has 0 bridgehead atoms. The maximum absolute atomic E-state index is 2.34. The van der Waals surface area contributed by atoms with Crippen molar-refractivity contribution in [1.82, 2.24) is 0 Å². The zero-order valence-corrected chi connectivity index (χ0v) is 16.2. The van der Waals surface area contributed by atoms with Crippen molar-refractivity contribution < 1.29 is 0 Å². The average molecular weight is 395 g/mol. The highest BCUT2D eigenvalue weighted by atomic mass is 32.3. The van der Waals surface area contributed by atoms with Crippen molar-refractivity contribution in [2.24, 2.45) is 0 Å². The third-order valence-electron chi connectivity index (χ3n) is 3.49. The quantitative estimate of drug-likeness (QED) is 0.460. The minimum absolute atomic E-state index is 1.25. The Kier molecular flexibility index (Phi) is 3.97. The number of hydrogen-bond donors (Lipinski definition) is 0. The van der Waals surface area contributed by atoms with Crippen LogP contribution >= 0.6 is 70.6 Å². The van der Waals surface area contributed by atoms with Crippen LogP contribution in [0.2, 0.25) is 0 Å². The van der Waals surface area contributed by atoms with Crippen molar-refractivity contribution in [2.45, 2.75) is 9.79 Å². The van der Waals surface area contributed by atoms with Crippen LogP contribution < -0.4 is 0 Å². The molecule has 0 fully saturated rings. The minimum atomic E-state index is 1.25. The lowest BCUT2D eigenvalue weighted by Gasteiger charge is -2.08. The van der Waals surface area contributed by atoms with E-state index in [2.05, 4.69) is 36.4 Å². The summed E-state index contributed by atoms with van der Waals surface area (Å²) in [6, 6.07) is 13.4. The van der Waals surface area contributed by atoms with Crippen molar-refractivity contribution >= 4 is 70.6 Å². The molecule has 5 aliphatic rings. The second kappa shape index (κ2) is 5.97. The molecule has 0 nitrogen and oxygen atoms in total. The van der Waals surface area contributed by atoms with Gasteiger partial charge in [-0.3, -0.25) is 0 Å². The van der Waals surface area contributed by atoms with Crippen LogP contribution in [0.25, 0.3) is 11.1 Å². The fourth-order valence-corrected chi connectivity index (χ4v) is 11.2. The van der Waals surface area contributed by atoms with Crippen LogP contribution in [0.1, 0.15) is 0 Å². The van der Waals surface area contributed by atoms with Gasteiger partial charge in [0, 0.05) is 21.3 Å². The summed E-state index contributed by atoms with van der Waals surface area (Å²) in [4.78, 5) is 2.80. The van der Waals surface area contributed by atoms with Gasteiger partial charge < -0.3 is 0 Å². The molecule has 5 rings (SSSR count). The van der Waals surface area contributed by atoms with Gasteiger partial charge in [-0.15, -0.1) is 23.5 Å². The van der Waals surface area contributed by atoms with E-state index in [-0.39, 0.29) is 0 Å². The fraction of sp³-hybridized carbons (Fsp3) is 0.125. The lowest BCUT2D eigenvalue weighted by atomic mass is 10.2. The van der Waals surface area contributed by atoms with E-state index < -0.39 is 0 Å². The predicted octanol–water partition coefficient (Wildman–Crippen LogP) is 7.20. The van der Waals surface area contributed by atoms with Crippen molar-refractivity contribution in [3.8, 4) is 11.1 Å². The number of thioether (sulfide) groups is 6. The molecular formula is C16H10S6. The summed E-state index contributed by atoms with van der Waals surface area (Å²) in [5, 5.41) is 0. The second-order valence-corrected chi connectivity index (χ2v) is 12.3. The van der Waals surface area contributed by atoms with Crippen LogP contribution in [0.4, 0.5) is 0 Å². The third-order valence-corrected chi connectivity index (χ3v) is 12.3. The lowest BCUT2D eigenvalue weighted by Crippen LogP contribution is -1.88. The molecule has 6 heteroatoms. The van der Waals surface area contributed by atoms with Crippen LogP contribution in [0.15, 0.2) is 63.1 Å². The molecular weight excluding hydrogens is 385 g/mol. The zero-order chi connectivity index (χ0) is 14.5. The molecule has 0 spiro atoms. The van der Waals surface area contributed by atoms with E-state index in [1.807, 2.05) is 70.6 Å². The molecule has 0 unspecified atom stereocenters.